The minimum Gasteiger partial charge on any atom is -0.384 e. The average Bonchev–Trinajstić information content (AvgIpc) is 3.29. The number of benzene rings is 2. The molecular weight excluding hydrogens is 486 g/mol. The number of hydrogen-bond donors (Lipinski definition) is 5. The fourth-order valence-electron chi connectivity index (χ4n) is 3.40. The van der Waals surface area contributed by atoms with Gasteiger partial charge in [-0.3, -0.25) is 10.2 Å². The lowest BCUT2D eigenvalue weighted by atomic mass is 10.1. The predicted molar refractivity (Wildman–Crippen MR) is 137 cm³/mol. The smallest absolute Gasteiger partial charge is 0.269 e. The summed E-state index contributed by atoms with van der Waals surface area (Å²) in [7, 11) is -2.25. The number of sulfonamides is 1. The first-order valence-corrected chi connectivity index (χ1v) is 12.6. The van der Waals surface area contributed by atoms with Crippen LogP contribution in [0.15, 0.2) is 71.8 Å². The van der Waals surface area contributed by atoms with Gasteiger partial charge in [-0.15, -0.1) is 0 Å². The van der Waals surface area contributed by atoms with E-state index in [2.05, 4.69) is 20.6 Å². The summed E-state index contributed by atoms with van der Waals surface area (Å²) in [4.78, 5) is 22.2. The Morgan fingerprint density at radius 1 is 1.06 bits per heavy atom. The molecule has 4 aromatic rings. The second-order valence-electron chi connectivity index (χ2n) is 7.37. The van der Waals surface area contributed by atoms with E-state index in [0.29, 0.717) is 38.0 Å². The van der Waals surface area contributed by atoms with Crippen molar-refractivity contribution in [2.75, 3.05) is 17.7 Å². The molecule has 0 atom stereocenters. The number of rotatable bonds is 7. The number of nitrogens with one attached hydrogen (secondary N) is 3. The number of carbonyl (C=O) groups excluding carboxylic acids is 1. The van der Waals surface area contributed by atoms with Crippen LogP contribution in [0.4, 0.5) is 10.9 Å². The summed E-state index contributed by atoms with van der Waals surface area (Å²) in [6.45, 7) is 0. The van der Waals surface area contributed by atoms with Gasteiger partial charge in [-0.05, 0) is 29.8 Å². The summed E-state index contributed by atoms with van der Waals surface area (Å²) in [5.41, 5.74) is 8.09. The van der Waals surface area contributed by atoms with Gasteiger partial charge in [-0.25, -0.2) is 23.5 Å². The number of amides is 1. The van der Waals surface area contributed by atoms with Crippen LogP contribution < -0.4 is 21.5 Å². The van der Waals surface area contributed by atoms with Crippen molar-refractivity contribution in [1.82, 2.24) is 9.97 Å². The molecule has 0 radical (unpaired) electrons. The second-order valence-corrected chi connectivity index (χ2v) is 9.90. The average molecular weight is 508 g/mol. The molecule has 7 N–H and O–H groups in total. The van der Waals surface area contributed by atoms with Crippen LogP contribution in [-0.4, -0.2) is 37.2 Å². The van der Waals surface area contributed by atoms with Gasteiger partial charge in [0.05, 0.1) is 10.6 Å². The first-order valence-electron chi connectivity index (χ1n) is 10.2. The lowest BCUT2D eigenvalue weighted by Gasteiger charge is -2.10. The summed E-state index contributed by atoms with van der Waals surface area (Å²) in [6.07, 6.45) is 1.47. The molecular formula is C23H21N7O3S2. The maximum atomic E-state index is 13.2. The zero-order valence-electron chi connectivity index (χ0n) is 18.4. The molecule has 0 aliphatic rings. The molecule has 0 spiro atoms. The summed E-state index contributed by atoms with van der Waals surface area (Å²) in [5.74, 6) is -0.320. The zero-order valence-corrected chi connectivity index (χ0v) is 20.1. The Kier molecular flexibility index (Phi) is 6.60. The van der Waals surface area contributed by atoms with E-state index >= 15 is 0 Å². The van der Waals surface area contributed by atoms with Crippen molar-refractivity contribution in [2.45, 2.75) is 4.90 Å². The Hall–Kier alpha value is -4.13. The number of nitrogen functional groups attached to an aromatic ring is 1. The first-order chi connectivity index (χ1) is 16.7. The van der Waals surface area contributed by atoms with Crippen LogP contribution in [0.3, 0.4) is 0 Å². The molecule has 10 nitrogen and oxygen atoms in total. The fraction of sp³-hybridized carbons (Fsp3) is 0.0435. The molecule has 0 fully saturated rings. The topological polar surface area (TPSA) is 177 Å². The van der Waals surface area contributed by atoms with Gasteiger partial charge >= 0.3 is 0 Å². The quantitative estimate of drug-likeness (QED) is 0.188. The van der Waals surface area contributed by atoms with Crippen LogP contribution in [-0.2, 0) is 10.0 Å². The number of hydrogen-bond acceptors (Lipinski definition) is 8. The van der Waals surface area contributed by atoms with Gasteiger partial charge in [0.15, 0.2) is 5.13 Å². The third-order valence-corrected chi connectivity index (χ3v) is 7.04. The molecule has 178 valence electrons. The molecule has 0 saturated heterocycles. The molecule has 0 aliphatic heterocycles. The lowest BCUT2D eigenvalue weighted by Crippen LogP contribution is -2.14. The number of pyridine rings is 1. The highest BCUT2D eigenvalue weighted by Gasteiger charge is 2.21. The van der Waals surface area contributed by atoms with E-state index in [-0.39, 0.29) is 16.5 Å². The van der Waals surface area contributed by atoms with E-state index in [1.807, 2.05) is 0 Å². The molecule has 12 heteroatoms. The van der Waals surface area contributed by atoms with Crippen LogP contribution in [0.25, 0.3) is 22.4 Å². The maximum Gasteiger partial charge on any atom is 0.269 e. The van der Waals surface area contributed by atoms with Crippen LogP contribution >= 0.6 is 11.3 Å². The number of anilines is 2. The van der Waals surface area contributed by atoms with Crippen molar-refractivity contribution < 1.29 is 13.2 Å². The van der Waals surface area contributed by atoms with Crippen molar-refractivity contribution in [3.8, 4) is 22.4 Å². The highest BCUT2D eigenvalue weighted by atomic mass is 32.2. The van der Waals surface area contributed by atoms with E-state index in [1.165, 1.54) is 12.3 Å². The van der Waals surface area contributed by atoms with Crippen LogP contribution in [0.5, 0.6) is 0 Å². The Morgan fingerprint density at radius 3 is 2.54 bits per heavy atom. The molecule has 4 rings (SSSR count). The highest BCUT2D eigenvalue weighted by Crippen LogP contribution is 2.33. The molecule has 2 aromatic heterocycles. The number of primary sulfonamides is 1. The number of nitrogens with zero attached hydrogens (tertiary/aromatic N) is 2. The van der Waals surface area contributed by atoms with Crippen molar-refractivity contribution >= 4 is 44.1 Å². The second kappa shape index (κ2) is 9.62. The van der Waals surface area contributed by atoms with Gasteiger partial charge in [0.1, 0.15) is 16.5 Å². The third-order valence-electron chi connectivity index (χ3n) is 5.00. The molecule has 0 bridgehead atoms. The summed E-state index contributed by atoms with van der Waals surface area (Å²) in [6, 6.07) is 16.4. The van der Waals surface area contributed by atoms with Crippen LogP contribution in [0, 0.1) is 5.41 Å². The number of carbonyl (C=O) groups is 1. The predicted octanol–water partition coefficient (Wildman–Crippen LogP) is 3.10. The lowest BCUT2D eigenvalue weighted by molar-refractivity contribution is 0.103. The number of aromatic nitrogens is 2. The number of thiazole rings is 1. The minimum atomic E-state index is -3.95. The maximum absolute atomic E-state index is 13.2. The van der Waals surface area contributed by atoms with Crippen molar-refractivity contribution in [1.29, 1.82) is 5.41 Å². The van der Waals surface area contributed by atoms with Crippen molar-refractivity contribution in [3.05, 3.63) is 77.3 Å². The van der Waals surface area contributed by atoms with E-state index in [4.69, 9.17) is 16.3 Å². The summed E-state index contributed by atoms with van der Waals surface area (Å²) >= 11 is 1.16. The molecule has 0 aliphatic carbocycles. The van der Waals surface area contributed by atoms with Crippen molar-refractivity contribution in [2.24, 2.45) is 10.9 Å². The first kappa shape index (κ1) is 24.0. The van der Waals surface area contributed by atoms with Gasteiger partial charge in [0, 0.05) is 29.9 Å². The van der Waals surface area contributed by atoms with Gasteiger partial charge < -0.3 is 16.4 Å². The molecule has 35 heavy (non-hydrogen) atoms. The van der Waals surface area contributed by atoms with E-state index in [0.717, 1.165) is 11.3 Å². The SMILES string of the molecule is CNc1nc(-c2cccc(C(=N)N)c2)c(C(=O)Nc2cc(-c3ccccc3S(N)(=O)=O)ccn2)s1. The Labute approximate surface area is 205 Å². The van der Waals surface area contributed by atoms with Gasteiger partial charge in [0.25, 0.3) is 5.91 Å². The Morgan fingerprint density at radius 2 is 1.83 bits per heavy atom. The number of nitrogens with two attached hydrogens (primary N) is 2. The standard InChI is InChI=1S/C23H21N7O3S2/c1-27-23-30-19(14-5-4-6-15(11-14)21(24)25)20(34-23)22(31)29-18-12-13(9-10-28-18)16-7-2-3-8-17(16)35(26,32)33/h2-12H,1H3,(H3,24,25)(H,27,30)(H2,26,32,33)(H,28,29,31). The fourth-order valence-corrected chi connectivity index (χ4v) is 5.00. The van der Waals surface area contributed by atoms with Crippen LogP contribution in [0.1, 0.15) is 15.2 Å². The summed E-state index contributed by atoms with van der Waals surface area (Å²) < 4.78 is 24.0. The molecule has 1 amide bonds. The highest BCUT2D eigenvalue weighted by molar-refractivity contribution is 7.89. The van der Waals surface area contributed by atoms with Crippen molar-refractivity contribution in [3.63, 3.8) is 0 Å². The third kappa shape index (κ3) is 5.19. The van der Waals surface area contributed by atoms with E-state index in [1.54, 1.807) is 61.6 Å². The molecule has 0 saturated carbocycles. The minimum absolute atomic E-state index is 0.0303. The van der Waals surface area contributed by atoms with Gasteiger partial charge in [-0.2, -0.15) is 0 Å². The number of amidine groups is 1. The molecule has 0 unspecified atom stereocenters. The monoisotopic (exact) mass is 507 g/mol. The van der Waals surface area contributed by atoms with Gasteiger partial charge in [-0.1, -0.05) is 47.7 Å². The van der Waals surface area contributed by atoms with Crippen LogP contribution in [0.2, 0.25) is 0 Å². The normalized spacial score (nSPS) is 11.1. The summed E-state index contributed by atoms with van der Waals surface area (Å²) in [5, 5.41) is 19.3. The molecule has 2 heterocycles. The largest absolute Gasteiger partial charge is 0.384 e. The van der Waals surface area contributed by atoms with E-state index < -0.39 is 15.9 Å². The molecule has 2 aromatic carbocycles. The Balaban J connectivity index is 1.69. The van der Waals surface area contributed by atoms with Gasteiger partial charge in [0.2, 0.25) is 10.0 Å². The van der Waals surface area contributed by atoms with E-state index in [9.17, 15) is 13.2 Å². The zero-order chi connectivity index (χ0) is 25.2. The Bertz CT molecular complexity index is 1550.